The molecule has 0 heterocycles. The van der Waals surface area contributed by atoms with E-state index in [1.165, 1.54) is 12.1 Å². The summed E-state index contributed by atoms with van der Waals surface area (Å²) in [7, 11) is 0. The summed E-state index contributed by atoms with van der Waals surface area (Å²) in [6.07, 6.45) is 0.762. The van der Waals surface area contributed by atoms with Crippen LogP contribution in [-0.2, 0) is 9.53 Å². The van der Waals surface area contributed by atoms with Crippen molar-refractivity contribution in [3.05, 3.63) is 58.9 Å². The molecule has 0 fully saturated rings. The predicted molar refractivity (Wildman–Crippen MR) is 95.5 cm³/mol. The minimum atomic E-state index is -0.473. The van der Waals surface area contributed by atoms with E-state index >= 15 is 0 Å². The standard InChI is InChI=1S/C18H18ClFN2O3/c1-2-9-25-18(24)12-3-6-14(7-4-12)21-11-17(23)22-16-8-5-13(20)10-15(16)19/h3-8,10,21H,2,9,11H2,1H3,(H,22,23). The molecule has 0 aliphatic heterocycles. The first kappa shape index (κ1) is 18.7. The number of amides is 1. The van der Waals surface area contributed by atoms with E-state index in [0.29, 0.717) is 23.5 Å². The monoisotopic (exact) mass is 364 g/mol. The van der Waals surface area contributed by atoms with Crippen LogP contribution in [0, 0.1) is 5.82 Å². The van der Waals surface area contributed by atoms with Crippen molar-refractivity contribution in [1.82, 2.24) is 0 Å². The second-order valence-corrected chi connectivity index (χ2v) is 5.65. The molecule has 0 atom stereocenters. The van der Waals surface area contributed by atoms with Gasteiger partial charge in [-0.3, -0.25) is 4.79 Å². The number of ether oxygens (including phenoxy) is 1. The molecular formula is C18H18ClFN2O3. The highest BCUT2D eigenvalue weighted by atomic mass is 35.5. The van der Waals surface area contributed by atoms with Crippen LogP contribution in [0.1, 0.15) is 23.7 Å². The highest BCUT2D eigenvalue weighted by Crippen LogP contribution is 2.22. The van der Waals surface area contributed by atoms with Crippen molar-refractivity contribution in [3.8, 4) is 0 Å². The van der Waals surface area contributed by atoms with Gasteiger partial charge in [0.05, 0.1) is 29.4 Å². The van der Waals surface area contributed by atoms with Gasteiger partial charge in [0.15, 0.2) is 0 Å². The molecule has 7 heteroatoms. The number of rotatable bonds is 7. The topological polar surface area (TPSA) is 67.4 Å². The Morgan fingerprint density at radius 3 is 2.52 bits per heavy atom. The zero-order valence-corrected chi connectivity index (χ0v) is 14.4. The number of nitrogens with one attached hydrogen (secondary N) is 2. The molecule has 0 aliphatic rings. The van der Waals surface area contributed by atoms with Gasteiger partial charge in [-0.05, 0) is 48.9 Å². The fourth-order valence-corrected chi connectivity index (χ4v) is 2.18. The summed E-state index contributed by atoms with van der Waals surface area (Å²) in [4.78, 5) is 23.6. The van der Waals surface area contributed by atoms with E-state index in [0.717, 1.165) is 12.5 Å². The van der Waals surface area contributed by atoms with Crippen molar-refractivity contribution in [3.63, 3.8) is 0 Å². The van der Waals surface area contributed by atoms with Crippen molar-refractivity contribution in [1.29, 1.82) is 0 Å². The lowest BCUT2D eigenvalue weighted by Gasteiger charge is -2.09. The molecule has 0 aromatic heterocycles. The lowest BCUT2D eigenvalue weighted by molar-refractivity contribution is -0.114. The molecule has 5 nitrogen and oxygen atoms in total. The van der Waals surface area contributed by atoms with E-state index in [4.69, 9.17) is 16.3 Å². The Kier molecular flexibility index (Phi) is 6.77. The molecule has 2 N–H and O–H groups in total. The molecule has 0 bridgehead atoms. The van der Waals surface area contributed by atoms with Crippen LogP contribution < -0.4 is 10.6 Å². The third-order valence-corrected chi connectivity index (χ3v) is 3.53. The summed E-state index contributed by atoms with van der Waals surface area (Å²) < 4.78 is 18.0. The molecule has 1 amide bonds. The number of hydrogen-bond donors (Lipinski definition) is 2. The summed E-state index contributed by atoms with van der Waals surface area (Å²) in [6.45, 7) is 2.29. The van der Waals surface area contributed by atoms with Gasteiger partial charge in [0.25, 0.3) is 0 Å². The molecule has 132 valence electrons. The van der Waals surface area contributed by atoms with Gasteiger partial charge < -0.3 is 15.4 Å². The third-order valence-electron chi connectivity index (χ3n) is 3.22. The number of esters is 1. The Hall–Kier alpha value is -2.60. The van der Waals surface area contributed by atoms with Crippen molar-refractivity contribution < 1.29 is 18.7 Å². The number of benzene rings is 2. The van der Waals surface area contributed by atoms with Crippen molar-refractivity contribution in [2.24, 2.45) is 0 Å². The number of carbonyl (C=O) groups excluding carboxylic acids is 2. The van der Waals surface area contributed by atoms with E-state index in [1.54, 1.807) is 24.3 Å². The highest BCUT2D eigenvalue weighted by molar-refractivity contribution is 6.33. The van der Waals surface area contributed by atoms with Gasteiger partial charge in [-0.15, -0.1) is 0 Å². The quantitative estimate of drug-likeness (QED) is 0.726. The van der Waals surface area contributed by atoms with Crippen molar-refractivity contribution in [2.75, 3.05) is 23.8 Å². The average molecular weight is 365 g/mol. The Bertz CT molecular complexity index is 750. The van der Waals surface area contributed by atoms with Crippen LogP contribution >= 0.6 is 11.6 Å². The molecule has 0 saturated heterocycles. The first-order chi connectivity index (χ1) is 12.0. The van der Waals surface area contributed by atoms with Gasteiger partial charge in [0, 0.05) is 5.69 Å². The first-order valence-corrected chi connectivity index (χ1v) is 8.13. The van der Waals surface area contributed by atoms with Crippen LogP contribution in [0.2, 0.25) is 5.02 Å². The second kappa shape index (κ2) is 9.03. The smallest absolute Gasteiger partial charge is 0.338 e. The summed E-state index contributed by atoms with van der Waals surface area (Å²) in [5.74, 6) is -1.18. The second-order valence-electron chi connectivity index (χ2n) is 5.24. The molecule has 0 saturated carbocycles. The van der Waals surface area contributed by atoms with E-state index in [-0.39, 0.29) is 23.4 Å². The van der Waals surface area contributed by atoms with Crippen LogP contribution in [0.4, 0.5) is 15.8 Å². The van der Waals surface area contributed by atoms with Gasteiger partial charge in [-0.2, -0.15) is 0 Å². The number of anilines is 2. The van der Waals surface area contributed by atoms with E-state index < -0.39 is 5.82 Å². The lowest BCUT2D eigenvalue weighted by Crippen LogP contribution is -2.22. The Morgan fingerprint density at radius 1 is 1.16 bits per heavy atom. The molecule has 2 rings (SSSR count). The molecule has 0 aliphatic carbocycles. The summed E-state index contributed by atoms with van der Waals surface area (Å²) in [5.41, 5.74) is 1.46. The van der Waals surface area contributed by atoms with Crippen LogP contribution in [0.25, 0.3) is 0 Å². The maximum atomic E-state index is 13.0. The summed E-state index contributed by atoms with van der Waals surface area (Å²) in [5, 5.41) is 5.64. The van der Waals surface area contributed by atoms with Gasteiger partial charge in [-0.1, -0.05) is 18.5 Å². The van der Waals surface area contributed by atoms with Gasteiger partial charge in [0.2, 0.25) is 5.91 Å². The van der Waals surface area contributed by atoms with E-state index in [9.17, 15) is 14.0 Å². The van der Waals surface area contributed by atoms with E-state index in [2.05, 4.69) is 10.6 Å². The number of halogens is 2. The number of carbonyl (C=O) groups is 2. The molecule has 2 aromatic rings. The molecule has 0 unspecified atom stereocenters. The molecule has 0 radical (unpaired) electrons. The number of hydrogen-bond acceptors (Lipinski definition) is 4. The third kappa shape index (κ3) is 5.76. The molecule has 25 heavy (non-hydrogen) atoms. The Balaban J connectivity index is 1.86. The molecule has 2 aromatic carbocycles. The zero-order chi connectivity index (χ0) is 18.2. The van der Waals surface area contributed by atoms with Crippen molar-refractivity contribution >= 4 is 34.9 Å². The minimum Gasteiger partial charge on any atom is -0.462 e. The van der Waals surface area contributed by atoms with Crippen LogP contribution in [0.5, 0.6) is 0 Å². The maximum Gasteiger partial charge on any atom is 0.338 e. The first-order valence-electron chi connectivity index (χ1n) is 7.75. The molecule has 0 spiro atoms. The predicted octanol–water partition coefficient (Wildman–Crippen LogP) is 4.10. The largest absolute Gasteiger partial charge is 0.462 e. The highest BCUT2D eigenvalue weighted by Gasteiger charge is 2.08. The average Bonchev–Trinajstić information content (AvgIpc) is 2.60. The maximum absolute atomic E-state index is 13.0. The SMILES string of the molecule is CCCOC(=O)c1ccc(NCC(=O)Nc2ccc(F)cc2Cl)cc1. The Morgan fingerprint density at radius 2 is 1.88 bits per heavy atom. The van der Waals surface area contributed by atoms with Gasteiger partial charge >= 0.3 is 5.97 Å². The fraction of sp³-hybridized carbons (Fsp3) is 0.222. The summed E-state index contributed by atoms with van der Waals surface area (Å²) in [6, 6.07) is 10.3. The Labute approximate surface area is 150 Å². The van der Waals surface area contributed by atoms with Crippen molar-refractivity contribution in [2.45, 2.75) is 13.3 Å². The van der Waals surface area contributed by atoms with Gasteiger partial charge in [0.1, 0.15) is 5.82 Å². The lowest BCUT2D eigenvalue weighted by atomic mass is 10.2. The van der Waals surface area contributed by atoms with Gasteiger partial charge in [-0.25, -0.2) is 9.18 Å². The zero-order valence-electron chi connectivity index (χ0n) is 13.6. The van der Waals surface area contributed by atoms with Crippen LogP contribution in [0.3, 0.4) is 0 Å². The molecular weight excluding hydrogens is 347 g/mol. The summed E-state index contributed by atoms with van der Waals surface area (Å²) >= 11 is 5.86. The van der Waals surface area contributed by atoms with Crippen LogP contribution in [-0.4, -0.2) is 25.0 Å². The normalized spacial score (nSPS) is 10.2. The fourth-order valence-electron chi connectivity index (χ4n) is 1.97. The minimum absolute atomic E-state index is 0.00661. The van der Waals surface area contributed by atoms with Crippen LogP contribution in [0.15, 0.2) is 42.5 Å². The van der Waals surface area contributed by atoms with E-state index in [1.807, 2.05) is 6.92 Å².